The number of ether oxygens (including phenoxy) is 1. The van der Waals surface area contributed by atoms with E-state index in [1.165, 1.54) is 0 Å². The van der Waals surface area contributed by atoms with Crippen molar-refractivity contribution in [2.75, 3.05) is 13.6 Å². The summed E-state index contributed by atoms with van der Waals surface area (Å²) in [5, 5.41) is 3.08. The highest BCUT2D eigenvalue weighted by molar-refractivity contribution is 5.79. The lowest BCUT2D eigenvalue weighted by atomic mass is 9.78. The molecule has 3 nitrogen and oxygen atoms in total. The van der Waals surface area contributed by atoms with Crippen molar-refractivity contribution in [3.63, 3.8) is 0 Å². The molecule has 0 aliphatic carbocycles. The average Bonchev–Trinajstić information content (AvgIpc) is 2.46. The maximum atomic E-state index is 12.6. The number of esters is 1. The molecule has 1 N–H and O–H groups in total. The van der Waals surface area contributed by atoms with E-state index in [9.17, 15) is 4.79 Å². The summed E-state index contributed by atoms with van der Waals surface area (Å²) >= 11 is 0. The Labute approximate surface area is 121 Å². The van der Waals surface area contributed by atoms with Gasteiger partial charge in [0, 0.05) is 0 Å². The third-order valence-electron chi connectivity index (χ3n) is 3.31. The van der Waals surface area contributed by atoms with E-state index in [1.54, 1.807) is 24.3 Å². The molecule has 0 heterocycles. The number of hydrogen-bond donors (Lipinski definition) is 1. The molecule has 1 rings (SSSR count). The zero-order chi connectivity index (χ0) is 14.8. The minimum atomic E-state index is -0.595. The van der Waals surface area contributed by atoms with E-state index < -0.39 is 5.41 Å². The van der Waals surface area contributed by atoms with Crippen molar-refractivity contribution in [2.45, 2.75) is 19.3 Å². The SMILES string of the molecule is C=CCC(CC=C)(CCNC)C(=O)Oc1ccccc1. The number of carbonyl (C=O) groups excluding carboxylic acids is 1. The van der Waals surface area contributed by atoms with Gasteiger partial charge in [-0.05, 0) is 45.0 Å². The van der Waals surface area contributed by atoms with Crippen LogP contribution >= 0.6 is 0 Å². The molecule has 0 bridgehead atoms. The molecular weight excluding hydrogens is 250 g/mol. The summed E-state index contributed by atoms with van der Waals surface area (Å²) in [5.41, 5.74) is -0.595. The predicted octanol–water partition coefficient (Wildman–Crippen LogP) is 3.34. The number of hydrogen-bond acceptors (Lipinski definition) is 3. The number of para-hydroxylation sites is 1. The molecule has 0 aromatic heterocycles. The monoisotopic (exact) mass is 273 g/mol. The average molecular weight is 273 g/mol. The first kappa shape index (κ1) is 16.2. The highest BCUT2D eigenvalue weighted by atomic mass is 16.5. The van der Waals surface area contributed by atoms with Gasteiger partial charge in [-0.15, -0.1) is 13.2 Å². The highest BCUT2D eigenvalue weighted by Gasteiger charge is 2.37. The summed E-state index contributed by atoms with van der Waals surface area (Å²) in [6.07, 6.45) is 5.38. The van der Waals surface area contributed by atoms with E-state index in [4.69, 9.17) is 4.74 Å². The fourth-order valence-electron chi connectivity index (χ4n) is 2.18. The zero-order valence-corrected chi connectivity index (χ0v) is 12.1. The molecule has 0 radical (unpaired) electrons. The third kappa shape index (κ3) is 4.35. The van der Waals surface area contributed by atoms with Crippen molar-refractivity contribution in [1.29, 1.82) is 0 Å². The molecule has 0 fully saturated rings. The Morgan fingerprint density at radius 3 is 2.35 bits per heavy atom. The second kappa shape index (κ2) is 8.33. The fraction of sp³-hybridized carbons (Fsp3) is 0.353. The standard InChI is InChI=1S/C17H23NO2/c1-4-11-17(12-5-2,13-14-18-3)16(19)20-15-9-7-6-8-10-15/h4-10,18H,1-2,11-14H2,3H3. The predicted molar refractivity (Wildman–Crippen MR) is 82.7 cm³/mol. The lowest BCUT2D eigenvalue weighted by Gasteiger charge is -2.29. The van der Waals surface area contributed by atoms with Gasteiger partial charge in [0.2, 0.25) is 0 Å². The summed E-state index contributed by atoms with van der Waals surface area (Å²) in [4.78, 5) is 12.6. The van der Waals surface area contributed by atoms with Crippen LogP contribution in [0, 0.1) is 5.41 Å². The van der Waals surface area contributed by atoms with E-state index in [2.05, 4.69) is 18.5 Å². The number of allylic oxidation sites excluding steroid dienone is 2. The molecule has 1 aromatic carbocycles. The Morgan fingerprint density at radius 2 is 1.85 bits per heavy atom. The van der Waals surface area contributed by atoms with Crippen LogP contribution in [-0.4, -0.2) is 19.6 Å². The molecule has 3 heteroatoms. The summed E-state index contributed by atoms with van der Waals surface area (Å²) in [5.74, 6) is 0.346. The second-order valence-electron chi connectivity index (χ2n) is 4.82. The van der Waals surface area contributed by atoms with Gasteiger partial charge < -0.3 is 10.1 Å². The lowest BCUT2D eigenvalue weighted by Crippen LogP contribution is -2.36. The first-order chi connectivity index (χ1) is 9.68. The van der Waals surface area contributed by atoms with Gasteiger partial charge in [0.1, 0.15) is 5.75 Å². The third-order valence-corrected chi connectivity index (χ3v) is 3.31. The number of nitrogens with one attached hydrogen (secondary N) is 1. The van der Waals surface area contributed by atoms with Crippen LogP contribution in [0.15, 0.2) is 55.6 Å². The van der Waals surface area contributed by atoms with Crippen LogP contribution in [0.25, 0.3) is 0 Å². The Kier molecular flexibility index (Phi) is 6.74. The van der Waals surface area contributed by atoms with Gasteiger partial charge in [-0.2, -0.15) is 0 Å². The molecule has 20 heavy (non-hydrogen) atoms. The Morgan fingerprint density at radius 1 is 1.25 bits per heavy atom. The van der Waals surface area contributed by atoms with E-state index >= 15 is 0 Å². The van der Waals surface area contributed by atoms with Gasteiger partial charge in [-0.1, -0.05) is 30.4 Å². The van der Waals surface area contributed by atoms with Crippen molar-refractivity contribution in [3.8, 4) is 5.75 Å². The minimum Gasteiger partial charge on any atom is -0.426 e. The molecule has 0 aliphatic heterocycles. The first-order valence-electron chi connectivity index (χ1n) is 6.82. The van der Waals surface area contributed by atoms with Crippen LogP contribution in [0.3, 0.4) is 0 Å². The number of rotatable bonds is 9. The molecule has 108 valence electrons. The molecule has 0 aliphatic rings. The number of benzene rings is 1. The summed E-state index contributed by atoms with van der Waals surface area (Å²) in [7, 11) is 1.87. The maximum Gasteiger partial charge on any atom is 0.318 e. The van der Waals surface area contributed by atoms with E-state index in [-0.39, 0.29) is 5.97 Å². The molecule has 0 unspecified atom stereocenters. The van der Waals surface area contributed by atoms with E-state index in [0.29, 0.717) is 25.0 Å². The van der Waals surface area contributed by atoms with Crippen LogP contribution in [0.2, 0.25) is 0 Å². The molecule has 0 spiro atoms. The molecular formula is C17H23NO2. The Balaban J connectivity index is 2.91. The van der Waals surface area contributed by atoms with Crippen LogP contribution in [0.4, 0.5) is 0 Å². The molecule has 0 saturated heterocycles. The van der Waals surface area contributed by atoms with Crippen molar-refractivity contribution in [3.05, 3.63) is 55.6 Å². The number of carbonyl (C=O) groups is 1. The fourth-order valence-corrected chi connectivity index (χ4v) is 2.18. The summed E-state index contributed by atoms with van der Waals surface area (Å²) in [6.45, 7) is 8.27. The Hall–Kier alpha value is -1.87. The van der Waals surface area contributed by atoms with Gasteiger partial charge in [-0.3, -0.25) is 4.79 Å². The normalized spacial score (nSPS) is 10.8. The topological polar surface area (TPSA) is 38.3 Å². The van der Waals surface area contributed by atoms with E-state index in [1.807, 2.05) is 25.2 Å². The van der Waals surface area contributed by atoms with Crippen LogP contribution in [0.5, 0.6) is 5.75 Å². The van der Waals surface area contributed by atoms with Crippen LogP contribution < -0.4 is 10.1 Å². The zero-order valence-electron chi connectivity index (χ0n) is 12.1. The molecule has 0 atom stereocenters. The van der Waals surface area contributed by atoms with Crippen molar-refractivity contribution in [1.82, 2.24) is 5.32 Å². The van der Waals surface area contributed by atoms with Gasteiger partial charge in [-0.25, -0.2) is 0 Å². The molecule has 1 aromatic rings. The van der Waals surface area contributed by atoms with Crippen LogP contribution in [-0.2, 0) is 4.79 Å². The van der Waals surface area contributed by atoms with Crippen molar-refractivity contribution < 1.29 is 9.53 Å². The molecule has 0 amide bonds. The lowest BCUT2D eigenvalue weighted by molar-refractivity contribution is -0.146. The smallest absolute Gasteiger partial charge is 0.318 e. The van der Waals surface area contributed by atoms with Gasteiger partial charge >= 0.3 is 5.97 Å². The van der Waals surface area contributed by atoms with E-state index in [0.717, 1.165) is 6.54 Å². The second-order valence-corrected chi connectivity index (χ2v) is 4.82. The minimum absolute atomic E-state index is 0.223. The van der Waals surface area contributed by atoms with Crippen LogP contribution in [0.1, 0.15) is 19.3 Å². The van der Waals surface area contributed by atoms with Gasteiger partial charge in [0.25, 0.3) is 0 Å². The van der Waals surface area contributed by atoms with Gasteiger partial charge in [0.15, 0.2) is 0 Å². The quantitative estimate of drug-likeness (QED) is 0.426. The highest BCUT2D eigenvalue weighted by Crippen LogP contribution is 2.33. The van der Waals surface area contributed by atoms with Crippen molar-refractivity contribution in [2.24, 2.45) is 5.41 Å². The molecule has 0 saturated carbocycles. The maximum absolute atomic E-state index is 12.6. The largest absolute Gasteiger partial charge is 0.426 e. The summed E-state index contributed by atoms with van der Waals surface area (Å²) in [6, 6.07) is 9.14. The van der Waals surface area contributed by atoms with Gasteiger partial charge in [0.05, 0.1) is 5.41 Å². The van der Waals surface area contributed by atoms with Crippen molar-refractivity contribution >= 4 is 5.97 Å². The summed E-state index contributed by atoms with van der Waals surface area (Å²) < 4.78 is 5.52. The Bertz CT molecular complexity index is 430. The first-order valence-corrected chi connectivity index (χ1v) is 6.82.